The molecular weight excluding hydrogens is 405 g/mol. The smallest absolute Gasteiger partial charge is 0.416 e. The number of ether oxygens (including phenoxy) is 1. The summed E-state index contributed by atoms with van der Waals surface area (Å²) in [6.07, 6.45) is -5.01. The monoisotopic (exact) mass is 434 g/mol. The second-order valence-electron chi connectivity index (χ2n) is 9.09. The van der Waals surface area contributed by atoms with Crippen LogP contribution in [0.2, 0.25) is 0 Å². The normalized spacial score (nSPS) is 20.6. The number of aliphatic hydroxyl groups excluding tert-OH is 1. The number of aliphatic hydroxyl groups is 1. The number of fused-ring (bicyclic) bond motifs is 1. The maximum absolute atomic E-state index is 12.8. The van der Waals surface area contributed by atoms with Crippen molar-refractivity contribution in [1.82, 2.24) is 0 Å². The summed E-state index contributed by atoms with van der Waals surface area (Å²) < 4.78 is 44.6. The fourth-order valence-corrected chi connectivity index (χ4v) is 4.78. The van der Waals surface area contributed by atoms with Crippen molar-refractivity contribution in [2.45, 2.75) is 52.5 Å². The fourth-order valence-electron chi connectivity index (χ4n) is 4.78. The molecule has 1 atom stereocenters. The summed E-state index contributed by atoms with van der Waals surface area (Å²) in [6, 6.07) is 5.38. The van der Waals surface area contributed by atoms with Gasteiger partial charge in [0, 0.05) is 43.1 Å². The van der Waals surface area contributed by atoms with Gasteiger partial charge in [-0.05, 0) is 75.6 Å². The van der Waals surface area contributed by atoms with Gasteiger partial charge in [-0.2, -0.15) is 13.2 Å². The summed E-state index contributed by atoms with van der Waals surface area (Å²) in [5.74, 6) is 0.791. The molecule has 0 amide bonds. The highest BCUT2D eigenvalue weighted by atomic mass is 19.4. The Morgan fingerprint density at radius 1 is 0.903 bits per heavy atom. The lowest BCUT2D eigenvalue weighted by Gasteiger charge is -2.39. The zero-order chi connectivity index (χ0) is 22.7. The Balaban J connectivity index is 1.56. The van der Waals surface area contributed by atoms with E-state index in [4.69, 9.17) is 4.74 Å². The number of benzene rings is 2. The molecule has 2 aromatic rings. The molecule has 1 unspecified atom stereocenters. The highest BCUT2D eigenvalue weighted by molar-refractivity contribution is 5.71. The third-order valence-corrected chi connectivity index (χ3v) is 6.71. The van der Waals surface area contributed by atoms with Crippen LogP contribution in [0.5, 0.6) is 5.75 Å². The lowest BCUT2D eigenvalue weighted by Crippen LogP contribution is -2.47. The first-order valence-electron chi connectivity index (χ1n) is 10.6. The maximum atomic E-state index is 12.8. The number of anilines is 2. The summed E-state index contributed by atoms with van der Waals surface area (Å²) >= 11 is 0. The van der Waals surface area contributed by atoms with Crippen LogP contribution in [0.1, 0.15) is 47.8 Å². The van der Waals surface area contributed by atoms with E-state index < -0.39 is 23.4 Å². The lowest BCUT2D eigenvalue weighted by molar-refractivity contribution is -0.137. The van der Waals surface area contributed by atoms with Crippen molar-refractivity contribution in [3.63, 3.8) is 0 Å². The van der Waals surface area contributed by atoms with Gasteiger partial charge in [0.25, 0.3) is 0 Å². The average Bonchev–Trinajstić information content (AvgIpc) is 2.96. The van der Waals surface area contributed by atoms with Crippen LogP contribution >= 0.6 is 0 Å². The lowest BCUT2D eigenvalue weighted by atomic mass is 9.89. The topological polar surface area (TPSA) is 35.9 Å². The Bertz CT molecular complexity index is 992. The zero-order valence-electron chi connectivity index (χ0n) is 18.6. The molecule has 1 fully saturated rings. The van der Waals surface area contributed by atoms with Crippen LogP contribution < -0.4 is 14.5 Å². The van der Waals surface area contributed by atoms with Gasteiger partial charge in [-0.25, -0.2) is 0 Å². The Hall–Kier alpha value is -2.41. The number of rotatable bonds is 2. The number of halogens is 3. The minimum atomic E-state index is -4.32. The third kappa shape index (κ3) is 3.63. The molecule has 4 rings (SSSR count). The van der Waals surface area contributed by atoms with Crippen molar-refractivity contribution in [3.05, 3.63) is 52.1 Å². The molecule has 0 aromatic heterocycles. The van der Waals surface area contributed by atoms with E-state index in [0.717, 1.165) is 64.6 Å². The first-order valence-corrected chi connectivity index (χ1v) is 10.6. The van der Waals surface area contributed by atoms with E-state index >= 15 is 0 Å². The molecule has 168 valence electrons. The number of nitrogens with zero attached hydrogens (tertiary/aromatic N) is 2. The average molecular weight is 435 g/mol. The molecule has 1 saturated heterocycles. The molecule has 4 nitrogen and oxygen atoms in total. The molecular formula is C24H29F3N2O2. The minimum absolute atomic E-state index is 0.626. The number of piperazine rings is 1. The molecule has 0 spiro atoms. The second kappa shape index (κ2) is 7.33. The van der Waals surface area contributed by atoms with E-state index in [-0.39, 0.29) is 0 Å². The second-order valence-corrected chi connectivity index (χ2v) is 9.09. The summed E-state index contributed by atoms with van der Waals surface area (Å²) in [7, 11) is 0. The first kappa shape index (κ1) is 21.8. The van der Waals surface area contributed by atoms with Gasteiger partial charge in [0.05, 0.1) is 5.56 Å². The van der Waals surface area contributed by atoms with Crippen LogP contribution in [-0.2, 0) is 6.18 Å². The molecule has 2 heterocycles. The van der Waals surface area contributed by atoms with Crippen LogP contribution in [0.25, 0.3) is 0 Å². The van der Waals surface area contributed by atoms with Gasteiger partial charge in [0.15, 0.2) is 0 Å². The SMILES string of the molecule is Cc1c(C)c(N2CCN(c3ccc(C(F)(F)F)cc3)CC2)c(C)c2c1OC(C)(C)C2O. The standard InChI is InChI=1S/C24H29F3N2O2/c1-14-15(2)21-19(22(30)23(4,5)31-21)16(3)20(14)29-12-10-28(11-13-29)18-8-6-17(7-9-18)24(25,26)27/h6-9,22,30H,10-13H2,1-5H3. The van der Waals surface area contributed by atoms with Gasteiger partial charge in [0.1, 0.15) is 17.5 Å². The molecule has 0 saturated carbocycles. The van der Waals surface area contributed by atoms with E-state index in [0.29, 0.717) is 13.1 Å². The number of alkyl halides is 3. The molecule has 7 heteroatoms. The van der Waals surface area contributed by atoms with Crippen molar-refractivity contribution in [3.8, 4) is 5.75 Å². The van der Waals surface area contributed by atoms with Crippen molar-refractivity contribution in [1.29, 1.82) is 0 Å². The Morgan fingerprint density at radius 2 is 1.45 bits per heavy atom. The Labute approximate surface area is 181 Å². The van der Waals surface area contributed by atoms with Crippen LogP contribution in [0.3, 0.4) is 0 Å². The van der Waals surface area contributed by atoms with Crippen molar-refractivity contribution < 1.29 is 23.0 Å². The Morgan fingerprint density at radius 3 is 2.00 bits per heavy atom. The van der Waals surface area contributed by atoms with Gasteiger partial charge in [0.2, 0.25) is 0 Å². The number of hydrogen-bond acceptors (Lipinski definition) is 4. The zero-order valence-corrected chi connectivity index (χ0v) is 18.6. The summed E-state index contributed by atoms with van der Waals surface area (Å²) in [4.78, 5) is 4.43. The van der Waals surface area contributed by atoms with E-state index in [9.17, 15) is 18.3 Å². The summed E-state index contributed by atoms with van der Waals surface area (Å²) in [5, 5.41) is 10.9. The van der Waals surface area contributed by atoms with Crippen LogP contribution in [0.4, 0.5) is 24.5 Å². The Kier molecular flexibility index (Phi) is 5.16. The number of hydrogen-bond donors (Lipinski definition) is 1. The van der Waals surface area contributed by atoms with E-state index in [1.165, 1.54) is 0 Å². The van der Waals surface area contributed by atoms with Gasteiger partial charge in [-0.1, -0.05) is 0 Å². The molecule has 0 radical (unpaired) electrons. The maximum Gasteiger partial charge on any atom is 0.416 e. The highest BCUT2D eigenvalue weighted by Gasteiger charge is 2.43. The van der Waals surface area contributed by atoms with Crippen molar-refractivity contribution >= 4 is 11.4 Å². The van der Waals surface area contributed by atoms with Gasteiger partial charge in [-0.3, -0.25) is 0 Å². The predicted molar refractivity (Wildman–Crippen MR) is 116 cm³/mol. The quantitative estimate of drug-likeness (QED) is 0.708. The molecule has 1 N–H and O–H groups in total. The van der Waals surface area contributed by atoms with Crippen LogP contribution in [0.15, 0.2) is 24.3 Å². The first-order chi connectivity index (χ1) is 14.4. The van der Waals surface area contributed by atoms with E-state index in [1.54, 1.807) is 12.1 Å². The molecule has 0 aliphatic carbocycles. The molecule has 0 bridgehead atoms. The third-order valence-electron chi connectivity index (χ3n) is 6.71. The molecule has 2 aromatic carbocycles. The molecule has 31 heavy (non-hydrogen) atoms. The van der Waals surface area contributed by atoms with Crippen LogP contribution in [-0.4, -0.2) is 36.9 Å². The summed E-state index contributed by atoms with van der Waals surface area (Å²) in [6.45, 7) is 12.9. The van der Waals surface area contributed by atoms with E-state index in [2.05, 4.69) is 16.7 Å². The molecule has 2 aliphatic heterocycles. The fraction of sp³-hybridized carbons (Fsp3) is 0.500. The van der Waals surface area contributed by atoms with Crippen molar-refractivity contribution in [2.75, 3.05) is 36.0 Å². The van der Waals surface area contributed by atoms with Gasteiger partial charge >= 0.3 is 6.18 Å². The van der Waals surface area contributed by atoms with E-state index in [1.807, 2.05) is 27.7 Å². The van der Waals surface area contributed by atoms with Gasteiger partial charge in [-0.15, -0.1) is 0 Å². The predicted octanol–water partition coefficient (Wildman–Crippen LogP) is 5.16. The van der Waals surface area contributed by atoms with Crippen LogP contribution in [0, 0.1) is 20.8 Å². The summed E-state index contributed by atoms with van der Waals surface area (Å²) in [5.41, 5.74) is 4.74. The van der Waals surface area contributed by atoms with Crippen molar-refractivity contribution in [2.24, 2.45) is 0 Å². The molecule has 2 aliphatic rings. The largest absolute Gasteiger partial charge is 0.484 e. The highest BCUT2D eigenvalue weighted by Crippen LogP contribution is 2.50. The minimum Gasteiger partial charge on any atom is -0.484 e. The van der Waals surface area contributed by atoms with Gasteiger partial charge < -0.3 is 19.6 Å².